The van der Waals surface area contributed by atoms with E-state index in [9.17, 15) is 9.59 Å². The summed E-state index contributed by atoms with van der Waals surface area (Å²) < 4.78 is 10.5. The lowest BCUT2D eigenvalue weighted by molar-refractivity contribution is -0.152. The number of hydrogen-bond acceptors (Lipinski definition) is 7. The first-order chi connectivity index (χ1) is 15.9. The highest BCUT2D eigenvalue weighted by Gasteiger charge is 2.33. The number of amides is 1. The van der Waals surface area contributed by atoms with Gasteiger partial charge in [-0.15, -0.1) is 0 Å². The van der Waals surface area contributed by atoms with Crippen LogP contribution in [0.3, 0.4) is 0 Å². The van der Waals surface area contributed by atoms with Crippen LogP contribution in [0.2, 0.25) is 10.0 Å². The quantitative estimate of drug-likeness (QED) is 0.559. The summed E-state index contributed by atoms with van der Waals surface area (Å²) >= 11 is 12.2. The van der Waals surface area contributed by atoms with Crippen molar-refractivity contribution in [2.75, 3.05) is 32.8 Å². The molecule has 10 heteroatoms. The molecule has 2 aromatic rings. The maximum absolute atomic E-state index is 13.0. The van der Waals surface area contributed by atoms with Crippen molar-refractivity contribution < 1.29 is 18.8 Å². The van der Waals surface area contributed by atoms with Crippen molar-refractivity contribution in [2.45, 2.75) is 39.2 Å². The van der Waals surface area contributed by atoms with Crippen molar-refractivity contribution in [3.05, 3.63) is 34.1 Å². The van der Waals surface area contributed by atoms with E-state index < -0.39 is 0 Å². The predicted octanol–water partition coefficient (Wildman–Crippen LogP) is 4.06. The van der Waals surface area contributed by atoms with E-state index in [1.54, 1.807) is 18.2 Å². The van der Waals surface area contributed by atoms with Gasteiger partial charge in [-0.05, 0) is 63.9 Å². The maximum atomic E-state index is 13.0. The van der Waals surface area contributed by atoms with Crippen LogP contribution in [0.15, 0.2) is 22.7 Å². The van der Waals surface area contributed by atoms with Gasteiger partial charge in [0.15, 0.2) is 0 Å². The number of halogens is 2. The summed E-state index contributed by atoms with van der Waals surface area (Å²) in [5.41, 5.74) is 0.673. The lowest BCUT2D eigenvalue weighted by Crippen LogP contribution is -2.46. The normalized spacial score (nSPS) is 18.5. The van der Waals surface area contributed by atoms with E-state index in [1.807, 2.05) is 11.8 Å². The lowest BCUT2D eigenvalue weighted by Gasteiger charge is -2.36. The molecule has 0 spiro atoms. The molecule has 0 unspecified atom stereocenters. The molecular weight excluding hydrogens is 467 g/mol. The monoisotopic (exact) mass is 494 g/mol. The van der Waals surface area contributed by atoms with Gasteiger partial charge in [0, 0.05) is 29.6 Å². The minimum atomic E-state index is -0.138. The molecular formula is C23H28Cl2N4O4. The van der Waals surface area contributed by atoms with Crippen molar-refractivity contribution in [3.63, 3.8) is 0 Å². The Kier molecular flexibility index (Phi) is 7.88. The van der Waals surface area contributed by atoms with Crippen LogP contribution in [0.4, 0.5) is 0 Å². The standard InChI is InChI=1S/C23H28Cl2N4O4/c1-2-32-23(31)16-7-11-29(12-8-16)22(30)15-5-9-28(10-6-15)14-20-26-21(27-33-20)18-4-3-17(24)13-19(18)25/h3-4,13,15-16H,2,5-12,14H2,1H3. The van der Waals surface area contributed by atoms with E-state index in [0.717, 1.165) is 25.9 Å². The fourth-order valence-corrected chi connectivity index (χ4v) is 4.98. The molecule has 1 aromatic carbocycles. The van der Waals surface area contributed by atoms with E-state index in [1.165, 1.54) is 0 Å². The average molecular weight is 495 g/mol. The smallest absolute Gasteiger partial charge is 0.309 e. The van der Waals surface area contributed by atoms with Gasteiger partial charge in [0.1, 0.15) is 0 Å². The van der Waals surface area contributed by atoms with Crippen LogP contribution >= 0.6 is 23.2 Å². The molecule has 4 rings (SSSR count). The number of esters is 1. The Morgan fingerprint density at radius 1 is 1.09 bits per heavy atom. The van der Waals surface area contributed by atoms with Crippen molar-refractivity contribution >= 4 is 35.1 Å². The Bertz CT molecular complexity index is 983. The number of piperidine rings is 2. The average Bonchev–Trinajstić information content (AvgIpc) is 3.27. The van der Waals surface area contributed by atoms with Crippen LogP contribution in [0.5, 0.6) is 0 Å². The number of carbonyl (C=O) groups excluding carboxylic acids is 2. The zero-order valence-corrected chi connectivity index (χ0v) is 20.1. The third-order valence-electron chi connectivity index (χ3n) is 6.36. The Hall–Kier alpha value is -2.16. The highest BCUT2D eigenvalue weighted by molar-refractivity contribution is 6.36. The summed E-state index contributed by atoms with van der Waals surface area (Å²) in [6.07, 6.45) is 2.95. The fraction of sp³-hybridized carbons (Fsp3) is 0.565. The molecule has 8 nitrogen and oxygen atoms in total. The second kappa shape index (κ2) is 10.8. The number of hydrogen-bond donors (Lipinski definition) is 0. The Morgan fingerprint density at radius 2 is 1.79 bits per heavy atom. The number of carbonyl (C=O) groups is 2. The van der Waals surface area contributed by atoms with Gasteiger partial charge in [-0.1, -0.05) is 28.4 Å². The zero-order chi connectivity index (χ0) is 23.4. The van der Waals surface area contributed by atoms with Crippen molar-refractivity contribution in [3.8, 4) is 11.4 Å². The van der Waals surface area contributed by atoms with Gasteiger partial charge in [0.25, 0.3) is 0 Å². The van der Waals surface area contributed by atoms with Gasteiger partial charge in [0.05, 0.1) is 24.1 Å². The molecule has 0 N–H and O–H groups in total. The first-order valence-corrected chi connectivity index (χ1v) is 12.2. The van der Waals surface area contributed by atoms with Crippen LogP contribution in [0, 0.1) is 11.8 Å². The highest BCUT2D eigenvalue weighted by Crippen LogP contribution is 2.29. The molecule has 1 amide bonds. The van der Waals surface area contributed by atoms with E-state index in [0.29, 0.717) is 66.4 Å². The Labute approximate surface area is 203 Å². The molecule has 2 aliphatic rings. The summed E-state index contributed by atoms with van der Waals surface area (Å²) in [6.45, 7) is 5.57. The molecule has 2 saturated heterocycles. The third kappa shape index (κ3) is 5.86. The molecule has 33 heavy (non-hydrogen) atoms. The summed E-state index contributed by atoms with van der Waals surface area (Å²) in [7, 11) is 0. The molecule has 0 aliphatic carbocycles. The summed E-state index contributed by atoms with van der Waals surface area (Å²) in [4.78, 5) is 33.5. The van der Waals surface area contributed by atoms with Gasteiger partial charge in [-0.25, -0.2) is 0 Å². The number of ether oxygens (including phenoxy) is 1. The second-order valence-electron chi connectivity index (χ2n) is 8.54. The Balaban J connectivity index is 1.25. The Morgan fingerprint density at radius 3 is 2.45 bits per heavy atom. The van der Waals surface area contributed by atoms with E-state index in [-0.39, 0.29) is 23.7 Å². The topological polar surface area (TPSA) is 88.8 Å². The highest BCUT2D eigenvalue weighted by atomic mass is 35.5. The van der Waals surface area contributed by atoms with Gasteiger partial charge < -0.3 is 14.2 Å². The van der Waals surface area contributed by atoms with Crippen LogP contribution in [-0.2, 0) is 20.9 Å². The molecule has 0 atom stereocenters. The number of benzene rings is 1. The minimum absolute atomic E-state index is 0.0199. The van der Waals surface area contributed by atoms with E-state index in [4.69, 9.17) is 32.5 Å². The maximum Gasteiger partial charge on any atom is 0.309 e. The second-order valence-corrected chi connectivity index (χ2v) is 9.38. The SMILES string of the molecule is CCOC(=O)C1CCN(C(=O)C2CCN(Cc3nc(-c4ccc(Cl)cc4Cl)no3)CC2)CC1. The molecule has 2 fully saturated rings. The number of rotatable bonds is 6. The molecule has 178 valence electrons. The van der Waals surface area contributed by atoms with Crippen LogP contribution in [0.1, 0.15) is 38.5 Å². The van der Waals surface area contributed by atoms with Crippen molar-refractivity contribution in [2.24, 2.45) is 11.8 Å². The summed E-state index contributed by atoms with van der Waals surface area (Å²) in [5, 5.41) is 5.06. The first kappa shape index (κ1) is 24.0. The number of aromatic nitrogens is 2. The fourth-order valence-electron chi connectivity index (χ4n) is 4.48. The number of likely N-dealkylation sites (tertiary alicyclic amines) is 2. The molecule has 1 aromatic heterocycles. The van der Waals surface area contributed by atoms with Crippen LogP contribution in [0.25, 0.3) is 11.4 Å². The molecule has 3 heterocycles. The zero-order valence-electron chi connectivity index (χ0n) is 18.6. The molecule has 0 radical (unpaired) electrons. The number of nitrogens with zero attached hydrogens (tertiary/aromatic N) is 4. The largest absolute Gasteiger partial charge is 0.466 e. The third-order valence-corrected chi connectivity index (χ3v) is 6.91. The summed E-state index contributed by atoms with van der Waals surface area (Å²) in [6, 6.07) is 5.15. The van der Waals surface area contributed by atoms with Crippen LogP contribution in [-0.4, -0.2) is 64.6 Å². The van der Waals surface area contributed by atoms with E-state index in [2.05, 4.69) is 15.0 Å². The summed E-state index contributed by atoms with van der Waals surface area (Å²) in [5.74, 6) is 0.948. The van der Waals surface area contributed by atoms with E-state index >= 15 is 0 Å². The van der Waals surface area contributed by atoms with Gasteiger partial charge in [-0.2, -0.15) is 4.98 Å². The molecule has 0 saturated carbocycles. The van der Waals surface area contributed by atoms with Gasteiger partial charge in [0.2, 0.25) is 17.6 Å². The lowest BCUT2D eigenvalue weighted by atomic mass is 9.92. The van der Waals surface area contributed by atoms with Crippen LogP contribution < -0.4 is 0 Å². The first-order valence-electron chi connectivity index (χ1n) is 11.4. The molecule has 0 bridgehead atoms. The van der Waals surface area contributed by atoms with Gasteiger partial charge >= 0.3 is 5.97 Å². The van der Waals surface area contributed by atoms with Crippen molar-refractivity contribution in [1.29, 1.82) is 0 Å². The molecule has 2 aliphatic heterocycles. The van der Waals surface area contributed by atoms with Gasteiger partial charge in [-0.3, -0.25) is 14.5 Å². The predicted molar refractivity (Wildman–Crippen MR) is 124 cm³/mol. The minimum Gasteiger partial charge on any atom is -0.466 e. The van der Waals surface area contributed by atoms with Crippen molar-refractivity contribution in [1.82, 2.24) is 19.9 Å².